The van der Waals surface area contributed by atoms with Crippen molar-refractivity contribution < 1.29 is 9.59 Å². The lowest BCUT2D eigenvalue weighted by Gasteiger charge is -1.97. The zero-order chi connectivity index (χ0) is 13.7. The topological polar surface area (TPSA) is 101 Å². The number of carbonyl (C=O) groups excluding carboxylic acids is 2. The number of imidazole rings is 1. The number of anilines is 1. The maximum Gasteiger partial charge on any atom is 0.250 e. The van der Waals surface area contributed by atoms with Crippen LogP contribution in [0.2, 0.25) is 0 Å². The average molecular weight is 256 g/mol. The van der Waals surface area contributed by atoms with Gasteiger partial charge in [0.25, 0.3) is 5.91 Å². The third kappa shape index (κ3) is 3.53. The van der Waals surface area contributed by atoms with E-state index in [2.05, 4.69) is 15.3 Å². The average Bonchev–Trinajstić information content (AvgIpc) is 2.89. The third-order valence-corrected chi connectivity index (χ3v) is 2.36. The normalized spacial score (nSPS) is 10.5. The van der Waals surface area contributed by atoms with Gasteiger partial charge >= 0.3 is 0 Å². The second-order valence-corrected chi connectivity index (χ2v) is 3.75. The van der Waals surface area contributed by atoms with Gasteiger partial charge in [0.2, 0.25) is 11.9 Å². The lowest BCUT2D eigenvalue weighted by atomic mass is 10.1. The predicted molar refractivity (Wildman–Crippen MR) is 71.2 cm³/mol. The fraction of sp³-hybridized carbons (Fsp3) is 0. The van der Waals surface area contributed by atoms with Crippen LogP contribution in [-0.2, 0) is 4.79 Å². The molecule has 0 atom stereocenters. The number of hydrogen-bond donors (Lipinski definition) is 3. The lowest BCUT2D eigenvalue weighted by Crippen LogP contribution is -2.10. The minimum Gasteiger partial charge on any atom is -0.366 e. The summed E-state index contributed by atoms with van der Waals surface area (Å²) in [6.07, 6.45) is 6.16. The zero-order valence-electron chi connectivity index (χ0n) is 9.96. The fourth-order valence-corrected chi connectivity index (χ4v) is 1.42. The number of H-pyrrole nitrogens is 1. The van der Waals surface area contributed by atoms with Crippen molar-refractivity contribution in [3.05, 3.63) is 53.9 Å². The Morgan fingerprint density at radius 2 is 2.00 bits per heavy atom. The summed E-state index contributed by atoms with van der Waals surface area (Å²) in [5, 5.41) is 2.56. The Balaban J connectivity index is 1.98. The molecule has 1 aromatic heterocycles. The van der Waals surface area contributed by atoms with E-state index < -0.39 is 5.91 Å². The molecule has 2 amide bonds. The number of primary amides is 1. The quantitative estimate of drug-likeness (QED) is 0.715. The summed E-state index contributed by atoms with van der Waals surface area (Å²) in [6.45, 7) is 0. The first-order chi connectivity index (χ1) is 9.15. The smallest absolute Gasteiger partial charge is 0.250 e. The molecule has 2 aromatic rings. The first-order valence-corrected chi connectivity index (χ1v) is 5.53. The molecule has 1 aromatic carbocycles. The minimum absolute atomic E-state index is 0.297. The van der Waals surface area contributed by atoms with Crippen LogP contribution in [0.3, 0.4) is 0 Å². The van der Waals surface area contributed by atoms with E-state index in [0.29, 0.717) is 11.5 Å². The van der Waals surface area contributed by atoms with Crippen LogP contribution in [0.25, 0.3) is 6.08 Å². The molecule has 1 heterocycles. The van der Waals surface area contributed by atoms with Gasteiger partial charge in [-0.05, 0) is 23.8 Å². The van der Waals surface area contributed by atoms with Crippen molar-refractivity contribution in [2.45, 2.75) is 0 Å². The molecule has 0 unspecified atom stereocenters. The van der Waals surface area contributed by atoms with E-state index in [1.165, 1.54) is 6.08 Å². The van der Waals surface area contributed by atoms with Crippen molar-refractivity contribution >= 4 is 23.8 Å². The highest BCUT2D eigenvalue weighted by Gasteiger charge is 2.00. The molecule has 0 saturated carbocycles. The fourth-order valence-electron chi connectivity index (χ4n) is 1.42. The Labute approximate surface area is 109 Å². The summed E-state index contributed by atoms with van der Waals surface area (Å²) in [5.41, 5.74) is 6.35. The molecule has 0 aliphatic rings. The van der Waals surface area contributed by atoms with E-state index >= 15 is 0 Å². The van der Waals surface area contributed by atoms with Gasteiger partial charge in [0.05, 0.1) is 0 Å². The molecule has 6 nitrogen and oxygen atoms in total. The van der Waals surface area contributed by atoms with Gasteiger partial charge in [0, 0.05) is 24.0 Å². The second-order valence-electron chi connectivity index (χ2n) is 3.75. The van der Waals surface area contributed by atoms with Crippen LogP contribution in [0.1, 0.15) is 15.9 Å². The monoisotopic (exact) mass is 256 g/mol. The molecule has 4 N–H and O–H groups in total. The van der Waals surface area contributed by atoms with Gasteiger partial charge in [-0.15, -0.1) is 0 Å². The Hall–Kier alpha value is -2.89. The van der Waals surface area contributed by atoms with Gasteiger partial charge in [-0.1, -0.05) is 12.1 Å². The van der Waals surface area contributed by atoms with Crippen LogP contribution in [0.5, 0.6) is 0 Å². The van der Waals surface area contributed by atoms with E-state index in [-0.39, 0.29) is 5.91 Å². The van der Waals surface area contributed by atoms with Crippen LogP contribution in [0, 0.1) is 0 Å². The number of aromatic amines is 1. The second kappa shape index (κ2) is 5.63. The van der Waals surface area contributed by atoms with Gasteiger partial charge in [-0.2, -0.15) is 0 Å². The predicted octanol–water partition coefficient (Wildman–Crippen LogP) is 1.16. The summed E-state index contributed by atoms with van der Waals surface area (Å²) in [7, 11) is 0. The van der Waals surface area contributed by atoms with Crippen LogP contribution in [-0.4, -0.2) is 21.8 Å². The molecular formula is C13H12N4O2. The number of nitrogens with one attached hydrogen (secondary N) is 2. The van der Waals surface area contributed by atoms with E-state index in [4.69, 9.17) is 5.73 Å². The van der Waals surface area contributed by atoms with E-state index in [9.17, 15) is 9.59 Å². The molecule has 19 heavy (non-hydrogen) atoms. The maximum atomic E-state index is 11.5. The highest BCUT2D eigenvalue weighted by atomic mass is 16.1. The van der Waals surface area contributed by atoms with Gasteiger partial charge in [0.1, 0.15) is 0 Å². The van der Waals surface area contributed by atoms with Crippen LogP contribution in [0.15, 0.2) is 42.7 Å². The molecule has 0 spiro atoms. The highest BCUT2D eigenvalue weighted by Crippen LogP contribution is 2.06. The number of benzene rings is 1. The number of aromatic nitrogens is 2. The lowest BCUT2D eigenvalue weighted by molar-refractivity contribution is -0.111. The number of carbonyl (C=O) groups is 2. The van der Waals surface area contributed by atoms with E-state index in [0.717, 1.165) is 5.56 Å². The summed E-state index contributed by atoms with van der Waals surface area (Å²) in [5.74, 6) is -0.390. The minimum atomic E-state index is -0.480. The molecule has 96 valence electrons. The first kappa shape index (κ1) is 12.6. The number of nitrogens with zero attached hydrogens (tertiary/aromatic N) is 1. The molecule has 2 rings (SSSR count). The van der Waals surface area contributed by atoms with Gasteiger partial charge in [0.15, 0.2) is 0 Å². The third-order valence-electron chi connectivity index (χ3n) is 2.36. The number of nitrogens with two attached hydrogens (primary N) is 1. The van der Waals surface area contributed by atoms with E-state index in [1.54, 1.807) is 42.7 Å². The molecule has 0 aliphatic heterocycles. The Bertz CT molecular complexity index is 600. The van der Waals surface area contributed by atoms with Crippen LogP contribution >= 0.6 is 0 Å². The summed E-state index contributed by atoms with van der Waals surface area (Å²) in [4.78, 5) is 29.0. The summed E-state index contributed by atoms with van der Waals surface area (Å²) in [6, 6.07) is 6.62. The van der Waals surface area contributed by atoms with Crippen molar-refractivity contribution in [1.82, 2.24) is 9.97 Å². The van der Waals surface area contributed by atoms with Crippen molar-refractivity contribution in [3.8, 4) is 0 Å². The Morgan fingerprint density at radius 3 is 2.58 bits per heavy atom. The van der Waals surface area contributed by atoms with Gasteiger partial charge in [-0.25, -0.2) is 4.98 Å². The van der Waals surface area contributed by atoms with Crippen molar-refractivity contribution in [2.75, 3.05) is 5.32 Å². The Morgan fingerprint density at radius 1 is 1.26 bits per heavy atom. The SMILES string of the molecule is NC(=O)c1ccc(C=CC(=O)Nc2ncc[nH]2)cc1. The van der Waals surface area contributed by atoms with Crippen molar-refractivity contribution in [1.29, 1.82) is 0 Å². The maximum absolute atomic E-state index is 11.5. The Kier molecular flexibility index (Phi) is 3.72. The molecule has 0 aliphatic carbocycles. The molecule has 0 fully saturated rings. The van der Waals surface area contributed by atoms with Gasteiger partial charge in [-0.3, -0.25) is 14.9 Å². The highest BCUT2D eigenvalue weighted by molar-refractivity contribution is 6.01. The van der Waals surface area contributed by atoms with Crippen molar-refractivity contribution in [3.63, 3.8) is 0 Å². The molecule has 0 saturated heterocycles. The standard InChI is InChI=1S/C13H12N4O2/c14-12(19)10-4-1-9(2-5-10)3-6-11(18)17-13-15-7-8-16-13/h1-8H,(H2,14,19)(H2,15,16,17,18). The van der Waals surface area contributed by atoms with E-state index in [1.807, 2.05) is 0 Å². The largest absolute Gasteiger partial charge is 0.366 e. The number of rotatable bonds is 4. The molecule has 0 radical (unpaired) electrons. The van der Waals surface area contributed by atoms with Crippen LogP contribution in [0.4, 0.5) is 5.95 Å². The summed E-state index contributed by atoms with van der Waals surface area (Å²) < 4.78 is 0. The summed E-state index contributed by atoms with van der Waals surface area (Å²) >= 11 is 0. The van der Waals surface area contributed by atoms with Crippen molar-refractivity contribution in [2.24, 2.45) is 5.73 Å². The molecular weight excluding hydrogens is 244 g/mol. The number of hydrogen-bond acceptors (Lipinski definition) is 3. The zero-order valence-corrected chi connectivity index (χ0v) is 9.96. The number of amides is 2. The molecule has 6 heteroatoms. The van der Waals surface area contributed by atoms with Gasteiger partial charge < -0.3 is 10.7 Å². The van der Waals surface area contributed by atoms with Crippen LogP contribution < -0.4 is 11.1 Å². The molecule has 0 bridgehead atoms. The first-order valence-electron chi connectivity index (χ1n) is 5.53.